The smallest absolute Gasteiger partial charge is 0.419 e. The van der Waals surface area contributed by atoms with Gasteiger partial charge in [-0.2, -0.15) is 13.2 Å². The first-order valence-electron chi connectivity index (χ1n) is 7.81. The van der Waals surface area contributed by atoms with Crippen LogP contribution in [-0.2, 0) is 15.7 Å². The lowest BCUT2D eigenvalue weighted by Gasteiger charge is -2.31. The van der Waals surface area contributed by atoms with Crippen molar-refractivity contribution in [2.24, 2.45) is 5.92 Å². The first-order chi connectivity index (χ1) is 11.7. The zero-order chi connectivity index (χ0) is 18.6. The van der Waals surface area contributed by atoms with E-state index in [2.05, 4.69) is 5.32 Å². The van der Waals surface area contributed by atoms with Crippen LogP contribution in [0.15, 0.2) is 18.2 Å². The molecule has 0 unspecified atom stereocenters. The van der Waals surface area contributed by atoms with E-state index >= 15 is 0 Å². The lowest BCUT2D eigenvalue weighted by molar-refractivity contribution is -0.140. The monoisotopic (exact) mass is 362 g/mol. The van der Waals surface area contributed by atoms with Crippen LogP contribution in [0.2, 0.25) is 0 Å². The second kappa shape index (κ2) is 7.71. The normalized spacial score (nSPS) is 18.0. The molecule has 25 heavy (non-hydrogen) atoms. The molecule has 0 aromatic heterocycles. The largest absolute Gasteiger partial charge is 0.450 e. The third-order valence-electron chi connectivity index (χ3n) is 3.86. The summed E-state index contributed by atoms with van der Waals surface area (Å²) in [6.07, 6.45) is -4.19. The lowest BCUT2D eigenvalue weighted by atomic mass is 9.97. The summed E-state index contributed by atoms with van der Waals surface area (Å²) in [6, 6.07) is 2.21. The first-order valence-corrected chi connectivity index (χ1v) is 7.81. The summed E-state index contributed by atoms with van der Waals surface area (Å²) >= 11 is 0. The molecule has 0 aliphatic carbocycles. The third kappa shape index (κ3) is 4.83. The van der Waals surface area contributed by atoms with Gasteiger partial charge in [-0.1, -0.05) is 0 Å². The van der Waals surface area contributed by atoms with Crippen molar-refractivity contribution in [1.29, 1.82) is 0 Å². The van der Waals surface area contributed by atoms with E-state index in [-0.39, 0.29) is 18.8 Å². The number of rotatable bonds is 3. The topological polar surface area (TPSA) is 58.6 Å². The van der Waals surface area contributed by atoms with Crippen molar-refractivity contribution < 1.29 is 31.9 Å². The highest BCUT2D eigenvalue weighted by Crippen LogP contribution is 2.32. The fraction of sp³-hybridized carbons (Fsp3) is 0.500. The minimum Gasteiger partial charge on any atom is -0.450 e. The second-order valence-corrected chi connectivity index (χ2v) is 5.67. The molecule has 138 valence electrons. The van der Waals surface area contributed by atoms with Crippen LogP contribution in [0.25, 0.3) is 0 Å². The zero-order valence-electron chi connectivity index (χ0n) is 13.5. The number of amides is 2. The minimum atomic E-state index is -4.80. The van der Waals surface area contributed by atoms with Gasteiger partial charge in [0.05, 0.1) is 18.1 Å². The van der Waals surface area contributed by atoms with E-state index in [9.17, 15) is 27.2 Å². The predicted octanol–water partition coefficient (Wildman–Crippen LogP) is 3.65. The first kappa shape index (κ1) is 19.0. The van der Waals surface area contributed by atoms with E-state index in [1.165, 1.54) is 4.90 Å². The molecule has 0 radical (unpaired) electrons. The molecule has 2 rings (SSSR count). The Balaban J connectivity index is 2.02. The molecular formula is C16H18F4N2O3. The molecule has 2 amide bonds. The van der Waals surface area contributed by atoms with E-state index < -0.39 is 35.5 Å². The lowest BCUT2D eigenvalue weighted by Crippen LogP contribution is -2.44. The van der Waals surface area contributed by atoms with Gasteiger partial charge in [0.1, 0.15) is 5.82 Å². The predicted molar refractivity (Wildman–Crippen MR) is 81.4 cm³/mol. The maximum absolute atomic E-state index is 13.6. The summed E-state index contributed by atoms with van der Waals surface area (Å²) in [7, 11) is 0. The number of anilines is 1. The van der Waals surface area contributed by atoms with E-state index in [1.807, 2.05) is 0 Å². The number of hydrogen-bond donors (Lipinski definition) is 1. The molecule has 0 spiro atoms. The van der Waals surface area contributed by atoms with Crippen LogP contribution in [0.4, 0.5) is 28.0 Å². The highest BCUT2D eigenvalue weighted by Gasteiger charge is 2.34. The van der Waals surface area contributed by atoms with Crippen LogP contribution >= 0.6 is 0 Å². The van der Waals surface area contributed by atoms with Crippen LogP contribution in [-0.4, -0.2) is 36.6 Å². The Morgan fingerprint density at radius 3 is 2.68 bits per heavy atom. The number of nitrogens with zero attached hydrogens (tertiary/aromatic N) is 1. The molecule has 0 bridgehead atoms. The molecule has 1 N–H and O–H groups in total. The molecular weight excluding hydrogens is 344 g/mol. The minimum absolute atomic E-state index is 0.0660. The number of carbonyl (C=O) groups is 2. The van der Waals surface area contributed by atoms with Gasteiger partial charge in [-0.15, -0.1) is 0 Å². The Labute approximate surface area is 141 Å². The van der Waals surface area contributed by atoms with E-state index in [0.29, 0.717) is 31.5 Å². The van der Waals surface area contributed by atoms with E-state index in [1.54, 1.807) is 6.92 Å². The molecule has 1 fully saturated rings. The number of nitrogens with one attached hydrogen (secondary N) is 1. The molecule has 1 aromatic rings. The molecule has 1 aromatic carbocycles. The Bertz CT molecular complexity index is 649. The SMILES string of the molecule is CCOC(=O)N1CCC[C@H](C(=O)Nc2ccc(C(F)(F)F)c(F)c2)C1. The van der Waals surface area contributed by atoms with Crippen molar-refractivity contribution in [2.75, 3.05) is 25.0 Å². The standard InChI is InChI=1S/C16H18F4N2O3/c1-2-25-15(24)22-7-3-4-10(9-22)14(23)21-11-5-6-12(13(17)8-11)16(18,19)20/h5-6,8,10H,2-4,7,9H2,1H3,(H,21,23)/t10-/m0/s1. The summed E-state index contributed by atoms with van der Waals surface area (Å²) in [5, 5.41) is 2.40. The van der Waals surface area contributed by atoms with Gasteiger partial charge in [0.25, 0.3) is 0 Å². The third-order valence-corrected chi connectivity index (χ3v) is 3.86. The van der Waals surface area contributed by atoms with Gasteiger partial charge >= 0.3 is 12.3 Å². The number of alkyl halides is 3. The van der Waals surface area contributed by atoms with Crippen LogP contribution in [0.3, 0.4) is 0 Å². The van der Waals surface area contributed by atoms with Gasteiger partial charge in [0, 0.05) is 18.8 Å². The molecule has 1 saturated heterocycles. The van der Waals surface area contributed by atoms with E-state index in [0.717, 1.165) is 6.07 Å². The average Bonchev–Trinajstić information content (AvgIpc) is 2.54. The van der Waals surface area contributed by atoms with Gasteiger partial charge in [-0.25, -0.2) is 9.18 Å². The maximum Gasteiger partial charge on any atom is 0.419 e. The highest BCUT2D eigenvalue weighted by atomic mass is 19.4. The number of carbonyl (C=O) groups excluding carboxylic acids is 2. The molecule has 9 heteroatoms. The fourth-order valence-electron chi connectivity index (χ4n) is 2.64. The van der Waals surface area contributed by atoms with Crippen molar-refractivity contribution >= 4 is 17.7 Å². The molecule has 5 nitrogen and oxygen atoms in total. The van der Waals surface area contributed by atoms with Crippen LogP contribution < -0.4 is 5.32 Å². The van der Waals surface area contributed by atoms with Crippen molar-refractivity contribution in [1.82, 2.24) is 4.90 Å². The summed E-state index contributed by atoms with van der Waals surface area (Å²) in [5.74, 6) is -2.47. The molecule has 1 aliphatic heterocycles. The number of halogens is 4. The van der Waals surface area contributed by atoms with Crippen molar-refractivity contribution in [2.45, 2.75) is 25.9 Å². The van der Waals surface area contributed by atoms with Crippen molar-refractivity contribution in [3.05, 3.63) is 29.6 Å². The van der Waals surface area contributed by atoms with E-state index in [4.69, 9.17) is 4.74 Å². The van der Waals surface area contributed by atoms with Crippen molar-refractivity contribution in [3.8, 4) is 0 Å². The Morgan fingerprint density at radius 1 is 1.36 bits per heavy atom. The fourth-order valence-corrected chi connectivity index (χ4v) is 2.64. The number of hydrogen-bond acceptors (Lipinski definition) is 3. The maximum atomic E-state index is 13.6. The Kier molecular flexibility index (Phi) is 5.86. The average molecular weight is 362 g/mol. The van der Waals surface area contributed by atoms with Crippen molar-refractivity contribution in [3.63, 3.8) is 0 Å². The van der Waals surface area contributed by atoms with Crippen LogP contribution in [0.5, 0.6) is 0 Å². The van der Waals surface area contributed by atoms with Crippen LogP contribution in [0.1, 0.15) is 25.3 Å². The highest BCUT2D eigenvalue weighted by molar-refractivity contribution is 5.93. The zero-order valence-corrected chi connectivity index (χ0v) is 13.5. The van der Waals surface area contributed by atoms with Crippen LogP contribution in [0, 0.1) is 11.7 Å². The van der Waals surface area contributed by atoms with Gasteiger partial charge in [0.15, 0.2) is 0 Å². The van der Waals surface area contributed by atoms with Gasteiger partial charge < -0.3 is 15.0 Å². The molecule has 1 atom stereocenters. The Hall–Kier alpha value is -2.32. The molecule has 1 heterocycles. The summed E-state index contributed by atoms with van der Waals surface area (Å²) in [6.45, 7) is 2.51. The summed E-state index contributed by atoms with van der Waals surface area (Å²) in [5.41, 5.74) is -1.46. The molecule has 0 saturated carbocycles. The van der Waals surface area contributed by atoms with Gasteiger partial charge in [-0.3, -0.25) is 4.79 Å². The quantitative estimate of drug-likeness (QED) is 0.835. The summed E-state index contributed by atoms with van der Waals surface area (Å²) < 4.78 is 56.1. The Morgan fingerprint density at radius 2 is 2.08 bits per heavy atom. The number of piperidine rings is 1. The van der Waals surface area contributed by atoms with Gasteiger partial charge in [0.2, 0.25) is 5.91 Å². The molecule has 1 aliphatic rings. The number of likely N-dealkylation sites (tertiary alicyclic amines) is 1. The second-order valence-electron chi connectivity index (χ2n) is 5.67. The van der Waals surface area contributed by atoms with Gasteiger partial charge in [-0.05, 0) is 38.0 Å². The summed E-state index contributed by atoms with van der Waals surface area (Å²) in [4.78, 5) is 25.4. The number of ether oxygens (including phenoxy) is 1. The number of benzene rings is 1.